The highest BCUT2D eigenvalue weighted by Crippen LogP contribution is 2.66. The Labute approximate surface area is 385 Å². The van der Waals surface area contributed by atoms with E-state index in [2.05, 4.69) is 15.7 Å². The average Bonchev–Trinajstić information content (AvgIpc) is 3.69. The Kier molecular flexibility index (Phi) is 11.3. The van der Waals surface area contributed by atoms with Gasteiger partial charge in [0.25, 0.3) is 11.8 Å². The van der Waals surface area contributed by atoms with Gasteiger partial charge in [0.05, 0.1) is 72.3 Å². The third kappa shape index (κ3) is 7.11. The number of anilines is 3. The van der Waals surface area contributed by atoms with Crippen molar-refractivity contribution in [3.63, 3.8) is 0 Å². The van der Waals surface area contributed by atoms with Gasteiger partial charge in [-0.25, -0.2) is 0 Å². The summed E-state index contributed by atoms with van der Waals surface area (Å²) in [6, 6.07) is 28.8. The fourth-order valence-corrected chi connectivity index (χ4v) is 10.7. The van der Waals surface area contributed by atoms with Gasteiger partial charge >= 0.3 is 0 Å². The van der Waals surface area contributed by atoms with E-state index in [1.54, 1.807) is 60.7 Å². The van der Waals surface area contributed by atoms with Gasteiger partial charge in [-0.2, -0.15) is 15.2 Å². The molecule has 14 nitrogen and oxygen atoms in total. The molecule has 4 aliphatic rings. The van der Waals surface area contributed by atoms with Crippen LogP contribution in [0.5, 0.6) is 23.0 Å². The van der Waals surface area contributed by atoms with Crippen molar-refractivity contribution in [2.45, 2.75) is 24.2 Å². The number of fused-ring (bicyclic) bond motifs is 4. The molecule has 6 atom stereocenters. The van der Waals surface area contributed by atoms with Crippen molar-refractivity contribution in [1.82, 2.24) is 5.01 Å². The number of azo groups is 1. The quantitative estimate of drug-likeness (QED) is 0.0742. The van der Waals surface area contributed by atoms with Crippen molar-refractivity contribution < 1.29 is 38.5 Å². The molecule has 0 spiro atoms. The minimum atomic E-state index is -1.70. The molecular weight excluding hydrogens is 871 g/mol. The lowest BCUT2D eigenvalue weighted by Crippen LogP contribution is -2.53. The Morgan fingerprint density at radius 3 is 1.97 bits per heavy atom. The standard InChI is InChI=1S/C49H44Cl2N6O8/c1-55(2)30-13-9-28(10-14-30)52-53-29-11-15-31(16-12-29)56-45(59)35-20-19-34-36(42(35)47(56)61)25-37-46(60)57(54-39-21-8-27(50)22-38(39)51)48(62)49(37,26-6-17-33(63-3)18-7-26)44(34)43-40(64-4)23-32(58)24-41(43)65-5/h6-19,21-24,35-37,42,44,54,58H,20,25H2,1-5H3/t35-,36+,37-,42-,44+,49+/m0/s1. The largest absolute Gasteiger partial charge is 0.508 e. The molecule has 0 unspecified atom stereocenters. The third-order valence-corrected chi connectivity index (χ3v) is 13.7. The van der Waals surface area contributed by atoms with E-state index in [0.717, 1.165) is 10.7 Å². The van der Waals surface area contributed by atoms with E-state index in [9.17, 15) is 14.7 Å². The number of aromatic hydroxyl groups is 1. The first-order valence-electron chi connectivity index (χ1n) is 20.9. The second-order valence-corrected chi connectivity index (χ2v) is 17.5. The number of halogens is 2. The number of allylic oxidation sites excluding steroid dienone is 2. The molecule has 0 aromatic heterocycles. The lowest BCUT2D eigenvalue weighted by atomic mass is 9.49. The van der Waals surface area contributed by atoms with Crippen LogP contribution in [-0.4, -0.2) is 69.2 Å². The first-order valence-corrected chi connectivity index (χ1v) is 21.6. The van der Waals surface area contributed by atoms with Crippen LogP contribution in [-0.2, 0) is 24.6 Å². The molecule has 5 aromatic rings. The highest BCUT2D eigenvalue weighted by atomic mass is 35.5. The number of carbonyl (C=O) groups excluding carboxylic acids is 4. The summed E-state index contributed by atoms with van der Waals surface area (Å²) in [5.74, 6) is -5.74. The predicted octanol–water partition coefficient (Wildman–Crippen LogP) is 9.40. The molecule has 2 heterocycles. The zero-order valence-corrected chi connectivity index (χ0v) is 37.5. The number of phenols is 1. The first-order chi connectivity index (χ1) is 31.3. The van der Waals surface area contributed by atoms with Gasteiger partial charge < -0.3 is 24.2 Å². The van der Waals surface area contributed by atoms with E-state index in [4.69, 9.17) is 37.4 Å². The molecule has 2 N–H and O–H groups in total. The van der Waals surface area contributed by atoms with Crippen molar-refractivity contribution in [1.29, 1.82) is 0 Å². The van der Waals surface area contributed by atoms with Gasteiger partial charge in [0.2, 0.25) is 11.8 Å². The molecule has 4 amide bonds. The summed E-state index contributed by atoms with van der Waals surface area (Å²) in [5, 5.41) is 21.1. The Morgan fingerprint density at radius 1 is 0.754 bits per heavy atom. The number of methoxy groups -OCH3 is 3. The van der Waals surface area contributed by atoms with Gasteiger partial charge in [-0.3, -0.25) is 29.5 Å². The van der Waals surface area contributed by atoms with Crippen molar-refractivity contribution in [3.8, 4) is 23.0 Å². The highest BCUT2D eigenvalue weighted by molar-refractivity contribution is 6.36. The van der Waals surface area contributed by atoms with Crippen molar-refractivity contribution in [2.75, 3.05) is 50.7 Å². The molecule has 332 valence electrons. The van der Waals surface area contributed by atoms with Crippen LogP contribution in [0.15, 0.2) is 125 Å². The summed E-state index contributed by atoms with van der Waals surface area (Å²) < 4.78 is 17.4. The maximum atomic E-state index is 15.7. The van der Waals surface area contributed by atoms with Crippen molar-refractivity contribution >= 4 is 75.3 Å². The van der Waals surface area contributed by atoms with Crippen LogP contribution in [0.25, 0.3) is 0 Å². The molecule has 9 rings (SSSR count). The molecule has 2 aliphatic carbocycles. The summed E-state index contributed by atoms with van der Waals surface area (Å²) in [6.45, 7) is 0. The number of amides is 4. The normalized spacial score (nSPS) is 23.6. The van der Waals surface area contributed by atoms with Crippen LogP contribution in [0.2, 0.25) is 10.0 Å². The molecule has 0 radical (unpaired) electrons. The van der Waals surface area contributed by atoms with E-state index >= 15 is 9.59 Å². The van der Waals surface area contributed by atoms with Gasteiger partial charge in [0.1, 0.15) is 23.0 Å². The molecule has 16 heteroatoms. The van der Waals surface area contributed by atoms with Gasteiger partial charge in [0.15, 0.2) is 0 Å². The maximum Gasteiger partial charge on any atom is 0.260 e. The number of nitrogens with zero attached hydrogens (tertiary/aromatic N) is 5. The van der Waals surface area contributed by atoms with E-state index in [1.165, 1.54) is 44.4 Å². The molecule has 0 bridgehead atoms. The number of nitrogens with one attached hydrogen (secondary N) is 1. The number of ether oxygens (including phenoxy) is 3. The number of hydrazine groups is 1. The van der Waals surface area contributed by atoms with Gasteiger partial charge in [-0.05, 0) is 103 Å². The smallest absolute Gasteiger partial charge is 0.260 e. The second-order valence-electron chi connectivity index (χ2n) is 16.6. The first kappa shape index (κ1) is 43.4. The summed E-state index contributed by atoms with van der Waals surface area (Å²) in [6.07, 6.45) is 2.12. The monoisotopic (exact) mass is 914 g/mol. The average molecular weight is 916 g/mol. The molecule has 5 aromatic carbocycles. The Morgan fingerprint density at radius 2 is 1.38 bits per heavy atom. The molecule has 65 heavy (non-hydrogen) atoms. The fraction of sp³-hybridized carbons (Fsp3) is 0.265. The van der Waals surface area contributed by atoms with Gasteiger partial charge in [-0.1, -0.05) is 47.0 Å². The number of carbonyl (C=O) groups is 4. The van der Waals surface area contributed by atoms with E-state index in [-0.39, 0.29) is 46.7 Å². The highest BCUT2D eigenvalue weighted by Gasteiger charge is 2.71. The van der Waals surface area contributed by atoms with E-state index < -0.39 is 52.7 Å². The van der Waals surface area contributed by atoms with Crippen LogP contribution in [0.3, 0.4) is 0 Å². The van der Waals surface area contributed by atoms with Crippen molar-refractivity contribution in [2.24, 2.45) is 33.9 Å². The molecule has 2 saturated heterocycles. The molecule has 1 saturated carbocycles. The maximum absolute atomic E-state index is 15.7. The topological polar surface area (TPSA) is 163 Å². The van der Waals surface area contributed by atoms with Gasteiger partial charge in [0, 0.05) is 48.4 Å². The summed E-state index contributed by atoms with van der Waals surface area (Å²) in [4.78, 5) is 63.6. The molecule has 2 aliphatic heterocycles. The Hall–Kier alpha value is -6.90. The number of imide groups is 2. The lowest BCUT2D eigenvalue weighted by Gasteiger charge is -2.51. The van der Waals surface area contributed by atoms with Crippen LogP contribution in [0.1, 0.15) is 29.9 Å². The lowest BCUT2D eigenvalue weighted by molar-refractivity contribution is -0.138. The number of phenolic OH excluding ortho intramolecular Hbond substituents is 1. The molecular formula is C49H44Cl2N6O8. The number of hydrogen-bond donors (Lipinski definition) is 2. The number of benzene rings is 5. The number of rotatable bonds is 11. The zero-order chi connectivity index (χ0) is 45.9. The Balaban J connectivity index is 1.16. The molecule has 3 fully saturated rings. The summed E-state index contributed by atoms with van der Waals surface area (Å²) in [5.41, 5.74) is 5.65. The number of hydrogen-bond acceptors (Lipinski definition) is 12. The van der Waals surface area contributed by atoms with E-state index in [0.29, 0.717) is 44.5 Å². The third-order valence-electron chi connectivity index (χ3n) is 13.2. The van der Waals surface area contributed by atoms with Crippen LogP contribution < -0.4 is 29.4 Å². The van der Waals surface area contributed by atoms with Crippen LogP contribution in [0.4, 0.5) is 28.4 Å². The summed E-state index contributed by atoms with van der Waals surface area (Å²) >= 11 is 12.8. The minimum Gasteiger partial charge on any atom is -0.508 e. The summed E-state index contributed by atoms with van der Waals surface area (Å²) in [7, 11) is 8.31. The predicted molar refractivity (Wildman–Crippen MR) is 246 cm³/mol. The van der Waals surface area contributed by atoms with E-state index in [1.807, 2.05) is 49.3 Å². The zero-order valence-electron chi connectivity index (χ0n) is 36.0. The second kappa shape index (κ2) is 16.9. The minimum absolute atomic E-state index is 0.0249. The fourth-order valence-electron chi connectivity index (χ4n) is 10.2. The van der Waals surface area contributed by atoms with Crippen molar-refractivity contribution in [3.05, 3.63) is 136 Å². The van der Waals surface area contributed by atoms with Crippen LogP contribution >= 0.6 is 23.2 Å². The Bertz CT molecular complexity index is 2770. The van der Waals surface area contributed by atoms with Gasteiger partial charge in [-0.15, -0.1) is 0 Å². The van der Waals surface area contributed by atoms with Crippen LogP contribution in [0, 0.1) is 23.7 Å². The SMILES string of the molecule is COc1ccc([C@@]23C(=O)N(Nc4ccc(Cl)cc4Cl)C(=O)[C@@H]2C[C@@H]2C(=CC[C@@H]4C(=O)N(c5ccc(N=Nc6ccc(N(C)C)cc6)cc5)C(=O)[C@@H]42)[C@@H]3c2c(OC)cc(O)cc2OC)cc1.